The Morgan fingerprint density at radius 2 is 1.92 bits per heavy atom. The summed E-state index contributed by atoms with van der Waals surface area (Å²) in [5.41, 5.74) is 3.02. The molecule has 0 saturated heterocycles. The Kier molecular flexibility index (Phi) is 8.27. The largest absolute Gasteiger partial charge is 0.444 e. The third kappa shape index (κ3) is 6.97. The lowest BCUT2D eigenvalue weighted by atomic mass is 10.0. The van der Waals surface area contributed by atoms with Crippen LogP contribution in [-0.4, -0.2) is 29.7 Å². The Bertz CT molecular complexity index is 549. The first-order chi connectivity index (χ1) is 11.7. The average molecular weight is 349 g/mol. The van der Waals surface area contributed by atoms with Crippen molar-refractivity contribution in [1.29, 1.82) is 0 Å². The van der Waals surface area contributed by atoms with Crippen LogP contribution in [-0.2, 0) is 4.74 Å². The fourth-order valence-electron chi connectivity index (χ4n) is 2.62. The van der Waals surface area contributed by atoms with Gasteiger partial charge in [0.25, 0.3) is 0 Å². The first kappa shape index (κ1) is 21.3. The summed E-state index contributed by atoms with van der Waals surface area (Å²) in [5.74, 6) is 0. The van der Waals surface area contributed by atoms with E-state index in [1.807, 2.05) is 25.7 Å². The lowest BCUT2D eigenvalue weighted by Crippen LogP contribution is -2.39. The first-order valence-electron chi connectivity index (χ1n) is 9.53. The minimum Gasteiger partial charge on any atom is -0.444 e. The number of ether oxygens (including phenoxy) is 1. The van der Waals surface area contributed by atoms with Crippen molar-refractivity contribution in [1.82, 2.24) is 4.90 Å². The van der Waals surface area contributed by atoms with Crippen LogP contribution < -0.4 is 5.32 Å². The quantitative estimate of drug-likeness (QED) is 0.634. The van der Waals surface area contributed by atoms with E-state index >= 15 is 0 Å². The smallest absolute Gasteiger partial charge is 0.410 e. The summed E-state index contributed by atoms with van der Waals surface area (Å²) in [7, 11) is 0. The molecule has 0 aromatic heterocycles. The first-order valence-corrected chi connectivity index (χ1v) is 9.53. The summed E-state index contributed by atoms with van der Waals surface area (Å²) >= 11 is 0. The third-order valence-corrected chi connectivity index (χ3v) is 4.16. The molecule has 0 saturated carbocycles. The number of carbonyl (C=O) groups is 1. The molecule has 25 heavy (non-hydrogen) atoms. The second-order valence-corrected chi connectivity index (χ2v) is 7.70. The van der Waals surface area contributed by atoms with E-state index in [1.165, 1.54) is 5.56 Å². The van der Waals surface area contributed by atoms with Crippen molar-refractivity contribution in [3.05, 3.63) is 29.3 Å². The standard InChI is InChI=1S/C21H36N2O2/c1-8-10-14-23(20(24)25-21(5,6)7)17(4)18-12-11-16(3)19(15-18)22-13-9-2/h11-12,15,17,22H,8-10,13-14H2,1-7H3/t17-/m1/s1. The Balaban J connectivity index is 3.03. The van der Waals surface area contributed by atoms with E-state index in [0.29, 0.717) is 6.54 Å². The topological polar surface area (TPSA) is 41.6 Å². The van der Waals surface area contributed by atoms with E-state index < -0.39 is 5.60 Å². The predicted octanol–water partition coefficient (Wildman–Crippen LogP) is 5.92. The predicted molar refractivity (Wildman–Crippen MR) is 106 cm³/mol. The van der Waals surface area contributed by atoms with Gasteiger partial charge in [-0.05, 0) is 64.7 Å². The molecule has 1 aromatic rings. The van der Waals surface area contributed by atoms with Gasteiger partial charge in [-0.1, -0.05) is 32.4 Å². The highest BCUT2D eigenvalue weighted by molar-refractivity contribution is 5.69. The van der Waals surface area contributed by atoms with Crippen LogP contribution in [0.2, 0.25) is 0 Å². The zero-order valence-electron chi connectivity index (χ0n) is 17.1. The van der Waals surface area contributed by atoms with E-state index in [-0.39, 0.29) is 12.1 Å². The van der Waals surface area contributed by atoms with Gasteiger partial charge in [0.05, 0.1) is 6.04 Å². The molecule has 0 spiro atoms. The fraction of sp³-hybridized carbons (Fsp3) is 0.667. The van der Waals surface area contributed by atoms with Crippen LogP contribution in [0.25, 0.3) is 0 Å². The molecular weight excluding hydrogens is 312 g/mol. The molecule has 0 radical (unpaired) electrons. The van der Waals surface area contributed by atoms with Crippen molar-refractivity contribution >= 4 is 11.8 Å². The minimum atomic E-state index is -0.484. The summed E-state index contributed by atoms with van der Waals surface area (Å²) in [5, 5.41) is 3.47. The summed E-state index contributed by atoms with van der Waals surface area (Å²) < 4.78 is 5.63. The fourth-order valence-corrected chi connectivity index (χ4v) is 2.62. The van der Waals surface area contributed by atoms with E-state index in [1.54, 1.807) is 0 Å². The van der Waals surface area contributed by atoms with Crippen molar-refractivity contribution in [3.8, 4) is 0 Å². The summed E-state index contributed by atoms with van der Waals surface area (Å²) in [6, 6.07) is 6.38. The van der Waals surface area contributed by atoms with Crippen LogP contribution in [0.3, 0.4) is 0 Å². The van der Waals surface area contributed by atoms with Gasteiger partial charge >= 0.3 is 6.09 Å². The van der Waals surface area contributed by atoms with Crippen LogP contribution in [0, 0.1) is 6.92 Å². The number of anilines is 1. The van der Waals surface area contributed by atoms with E-state index in [9.17, 15) is 4.79 Å². The van der Waals surface area contributed by atoms with Crippen LogP contribution in [0.4, 0.5) is 10.5 Å². The Morgan fingerprint density at radius 3 is 2.48 bits per heavy atom. The minimum absolute atomic E-state index is 0.0239. The molecule has 4 heteroatoms. The maximum absolute atomic E-state index is 12.7. The second kappa shape index (κ2) is 9.69. The Morgan fingerprint density at radius 1 is 1.24 bits per heavy atom. The Hall–Kier alpha value is -1.71. The number of hydrogen-bond donors (Lipinski definition) is 1. The number of rotatable bonds is 8. The molecule has 1 N–H and O–H groups in total. The van der Waals surface area contributed by atoms with E-state index in [0.717, 1.165) is 37.1 Å². The van der Waals surface area contributed by atoms with Gasteiger partial charge in [0.1, 0.15) is 5.60 Å². The molecule has 142 valence electrons. The number of nitrogens with zero attached hydrogens (tertiary/aromatic N) is 1. The van der Waals surface area contributed by atoms with Crippen molar-refractivity contribution in [2.45, 2.75) is 79.4 Å². The highest BCUT2D eigenvalue weighted by Gasteiger charge is 2.26. The van der Waals surface area contributed by atoms with Crippen LogP contribution >= 0.6 is 0 Å². The number of benzene rings is 1. The highest BCUT2D eigenvalue weighted by Crippen LogP contribution is 2.27. The van der Waals surface area contributed by atoms with Gasteiger partial charge in [-0.2, -0.15) is 0 Å². The van der Waals surface area contributed by atoms with Crippen molar-refractivity contribution in [3.63, 3.8) is 0 Å². The number of unbranched alkanes of at least 4 members (excludes halogenated alkanes) is 1. The molecule has 0 aliphatic rings. The van der Waals surface area contributed by atoms with Crippen LogP contribution in [0.1, 0.15) is 78.0 Å². The van der Waals surface area contributed by atoms with Crippen molar-refractivity contribution in [2.75, 3.05) is 18.4 Å². The number of aryl methyl sites for hydroxylation is 1. The van der Waals surface area contributed by atoms with Gasteiger partial charge in [0.15, 0.2) is 0 Å². The molecule has 0 aliphatic carbocycles. The lowest BCUT2D eigenvalue weighted by Gasteiger charge is -2.32. The number of carbonyl (C=O) groups excluding carboxylic acids is 1. The van der Waals surface area contributed by atoms with Crippen LogP contribution in [0.15, 0.2) is 18.2 Å². The van der Waals surface area contributed by atoms with Gasteiger partial charge in [0, 0.05) is 18.8 Å². The second-order valence-electron chi connectivity index (χ2n) is 7.70. The number of hydrogen-bond acceptors (Lipinski definition) is 3. The van der Waals surface area contributed by atoms with Gasteiger partial charge in [-0.15, -0.1) is 0 Å². The van der Waals surface area contributed by atoms with Crippen LogP contribution in [0.5, 0.6) is 0 Å². The van der Waals surface area contributed by atoms with Gasteiger partial charge in [0.2, 0.25) is 0 Å². The molecule has 1 rings (SSSR count). The molecule has 1 atom stereocenters. The zero-order chi connectivity index (χ0) is 19.0. The zero-order valence-corrected chi connectivity index (χ0v) is 17.1. The lowest BCUT2D eigenvalue weighted by molar-refractivity contribution is 0.0170. The molecule has 0 aliphatic heterocycles. The molecule has 0 fully saturated rings. The SMILES string of the molecule is CCCCN(C(=O)OC(C)(C)C)[C@H](C)c1ccc(C)c(NCCC)c1. The van der Waals surface area contributed by atoms with Gasteiger partial charge < -0.3 is 15.0 Å². The highest BCUT2D eigenvalue weighted by atomic mass is 16.6. The van der Waals surface area contributed by atoms with Crippen molar-refractivity contribution in [2.24, 2.45) is 0 Å². The molecular formula is C21H36N2O2. The average Bonchev–Trinajstić information content (AvgIpc) is 2.52. The molecule has 1 amide bonds. The molecule has 1 aromatic carbocycles. The van der Waals surface area contributed by atoms with Gasteiger partial charge in [-0.3, -0.25) is 0 Å². The maximum atomic E-state index is 12.7. The van der Waals surface area contributed by atoms with Crippen molar-refractivity contribution < 1.29 is 9.53 Å². The number of amides is 1. The monoisotopic (exact) mass is 348 g/mol. The normalized spacial score (nSPS) is 12.6. The van der Waals surface area contributed by atoms with Gasteiger partial charge in [-0.25, -0.2) is 4.79 Å². The summed E-state index contributed by atoms with van der Waals surface area (Å²) in [6.45, 7) is 15.9. The van der Waals surface area contributed by atoms with E-state index in [4.69, 9.17) is 4.74 Å². The maximum Gasteiger partial charge on any atom is 0.410 e. The van der Waals surface area contributed by atoms with E-state index in [2.05, 4.69) is 51.2 Å². The molecule has 0 bridgehead atoms. The summed E-state index contributed by atoms with van der Waals surface area (Å²) in [6.07, 6.45) is 2.86. The molecule has 0 unspecified atom stereocenters. The third-order valence-electron chi connectivity index (χ3n) is 4.16. The Labute approximate surface area is 153 Å². The number of nitrogens with one attached hydrogen (secondary N) is 1. The molecule has 4 nitrogen and oxygen atoms in total. The molecule has 0 heterocycles. The summed E-state index contributed by atoms with van der Waals surface area (Å²) in [4.78, 5) is 14.5.